The number of benzene rings is 2. The topological polar surface area (TPSA) is 36.7 Å². The average Bonchev–Trinajstić information content (AvgIpc) is 3.25. The van der Waals surface area contributed by atoms with Crippen LogP contribution in [0.4, 0.5) is 5.69 Å². The summed E-state index contributed by atoms with van der Waals surface area (Å²) in [7, 11) is 4.05. The first-order chi connectivity index (χ1) is 14.0. The number of hydrogen-bond donors (Lipinski definition) is 0. The summed E-state index contributed by atoms with van der Waals surface area (Å²) in [4.78, 5) is 16.3. The zero-order chi connectivity index (χ0) is 20.6. The first-order valence-corrected chi connectivity index (χ1v) is 10.1. The molecule has 0 fully saturated rings. The van der Waals surface area contributed by atoms with Gasteiger partial charge in [0, 0.05) is 45.7 Å². The Morgan fingerprint density at radius 3 is 2.24 bits per heavy atom. The number of amides is 1. The number of hydrogen-bond acceptors (Lipinski definition) is 3. The maximum Gasteiger partial charge on any atom is 0.219 e. The molecule has 0 bridgehead atoms. The molecule has 1 atom stereocenters. The smallest absolute Gasteiger partial charge is 0.219 e. The predicted octanol–water partition coefficient (Wildman–Crippen LogP) is 5.11. The van der Waals surface area contributed by atoms with Gasteiger partial charge in [-0.1, -0.05) is 42.5 Å². The van der Waals surface area contributed by atoms with E-state index in [1.54, 1.807) is 13.2 Å². The van der Waals surface area contributed by atoms with Gasteiger partial charge in [-0.25, -0.2) is 0 Å². The molecule has 0 aliphatic heterocycles. The minimum Gasteiger partial charge on any atom is -0.469 e. The molecule has 152 valence electrons. The maximum atomic E-state index is 12.3. The third kappa shape index (κ3) is 5.98. The van der Waals surface area contributed by atoms with Crippen LogP contribution in [-0.2, 0) is 17.8 Å². The molecule has 0 saturated heterocycles. The fraction of sp³-hybridized carbons (Fsp3) is 0.320. The number of rotatable bonds is 9. The molecule has 0 radical (unpaired) electrons. The summed E-state index contributed by atoms with van der Waals surface area (Å²) in [6.45, 7) is 2.97. The van der Waals surface area contributed by atoms with Crippen LogP contribution in [0.3, 0.4) is 0 Å². The lowest BCUT2D eigenvalue weighted by Crippen LogP contribution is -2.30. The van der Waals surface area contributed by atoms with E-state index < -0.39 is 0 Å². The minimum absolute atomic E-state index is 0.0968. The Morgan fingerprint density at radius 1 is 0.931 bits per heavy atom. The molecule has 3 rings (SSSR count). The Kier molecular flexibility index (Phi) is 7.12. The zero-order valence-corrected chi connectivity index (χ0v) is 17.5. The van der Waals surface area contributed by atoms with Gasteiger partial charge in [-0.05, 0) is 48.2 Å². The van der Waals surface area contributed by atoms with Crippen molar-refractivity contribution in [3.05, 3.63) is 89.9 Å². The summed E-state index contributed by atoms with van der Waals surface area (Å²) in [6, 6.07) is 22.8. The van der Waals surface area contributed by atoms with Crippen molar-refractivity contribution in [3.63, 3.8) is 0 Å². The highest BCUT2D eigenvalue weighted by Crippen LogP contribution is 2.26. The monoisotopic (exact) mass is 390 g/mol. The molecule has 0 aliphatic carbocycles. The summed E-state index contributed by atoms with van der Waals surface area (Å²) < 4.78 is 5.71. The third-order valence-electron chi connectivity index (χ3n) is 5.29. The third-order valence-corrected chi connectivity index (χ3v) is 5.29. The Hall–Kier alpha value is -3.01. The normalized spacial score (nSPS) is 11.8. The van der Waals surface area contributed by atoms with Crippen molar-refractivity contribution in [1.82, 2.24) is 4.90 Å². The van der Waals surface area contributed by atoms with Gasteiger partial charge in [-0.3, -0.25) is 4.79 Å². The summed E-state index contributed by atoms with van der Waals surface area (Å²) in [6.07, 6.45) is 3.48. The Bertz CT molecular complexity index is 871. The Morgan fingerprint density at radius 2 is 1.66 bits per heavy atom. The summed E-state index contributed by atoms with van der Waals surface area (Å²) in [5.74, 6) is 1.32. The van der Waals surface area contributed by atoms with Gasteiger partial charge in [0.2, 0.25) is 5.91 Å². The lowest BCUT2D eigenvalue weighted by atomic mass is 9.93. The molecular weight excluding hydrogens is 360 g/mol. The van der Waals surface area contributed by atoms with Crippen molar-refractivity contribution < 1.29 is 9.21 Å². The fourth-order valence-corrected chi connectivity index (χ4v) is 3.55. The van der Waals surface area contributed by atoms with Crippen LogP contribution in [-0.4, -0.2) is 31.4 Å². The van der Waals surface area contributed by atoms with Gasteiger partial charge in [0.05, 0.1) is 6.26 Å². The average molecular weight is 391 g/mol. The molecule has 3 aromatic rings. The minimum atomic E-state index is 0.0968. The van der Waals surface area contributed by atoms with Gasteiger partial charge in [0.15, 0.2) is 0 Å². The molecule has 1 aromatic heterocycles. The van der Waals surface area contributed by atoms with Gasteiger partial charge in [-0.2, -0.15) is 0 Å². The van der Waals surface area contributed by atoms with Crippen molar-refractivity contribution in [2.45, 2.75) is 32.2 Å². The predicted molar refractivity (Wildman–Crippen MR) is 118 cm³/mol. The number of anilines is 1. The molecule has 0 spiro atoms. The van der Waals surface area contributed by atoms with Crippen molar-refractivity contribution in [2.75, 3.05) is 25.5 Å². The van der Waals surface area contributed by atoms with Crippen LogP contribution < -0.4 is 4.90 Å². The van der Waals surface area contributed by atoms with Crippen molar-refractivity contribution in [2.24, 2.45) is 0 Å². The first-order valence-electron chi connectivity index (χ1n) is 10.1. The molecule has 4 heteroatoms. The van der Waals surface area contributed by atoms with Gasteiger partial charge in [-0.15, -0.1) is 0 Å². The van der Waals surface area contributed by atoms with E-state index in [1.165, 1.54) is 5.56 Å². The molecule has 1 amide bonds. The molecule has 1 heterocycles. The van der Waals surface area contributed by atoms with E-state index in [4.69, 9.17) is 4.42 Å². The van der Waals surface area contributed by atoms with Gasteiger partial charge in [0.1, 0.15) is 5.76 Å². The van der Waals surface area contributed by atoms with Crippen LogP contribution >= 0.6 is 0 Å². The van der Waals surface area contributed by atoms with Crippen LogP contribution in [0.2, 0.25) is 0 Å². The number of carbonyl (C=O) groups excluding carboxylic acids is 1. The Labute approximate surface area is 173 Å². The molecule has 0 saturated carbocycles. The van der Waals surface area contributed by atoms with E-state index in [0.29, 0.717) is 13.1 Å². The van der Waals surface area contributed by atoms with Crippen molar-refractivity contribution in [1.29, 1.82) is 0 Å². The lowest BCUT2D eigenvalue weighted by Gasteiger charge is -2.24. The van der Waals surface area contributed by atoms with E-state index in [0.717, 1.165) is 29.9 Å². The van der Waals surface area contributed by atoms with Crippen LogP contribution in [0.5, 0.6) is 0 Å². The lowest BCUT2D eigenvalue weighted by molar-refractivity contribution is -0.129. The van der Waals surface area contributed by atoms with Gasteiger partial charge < -0.3 is 14.2 Å². The van der Waals surface area contributed by atoms with E-state index >= 15 is 0 Å². The second kappa shape index (κ2) is 9.97. The van der Waals surface area contributed by atoms with Crippen LogP contribution in [0.25, 0.3) is 0 Å². The van der Waals surface area contributed by atoms with E-state index in [9.17, 15) is 4.79 Å². The molecule has 0 unspecified atom stereocenters. The first kappa shape index (κ1) is 20.7. The molecule has 2 aromatic carbocycles. The second-order valence-corrected chi connectivity index (χ2v) is 7.69. The standard InChI is InChI=1S/C25H30N2O2/c1-20(28)27(19-22-11-13-24(14-12-22)26(2)3)16-15-23(25-10-7-17-29-25)18-21-8-5-4-6-9-21/h4-14,17,23H,15-16,18-19H2,1-3H3/t23-/m1/s1. The highest BCUT2D eigenvalue weighted by Gasteiger charge is 2.18. The molecule has 29 heavy (non-hydrogen) atoms. The summed E-state index contributed by atoms with van der Waals surface area (Å²) in [5, 5.41) is 0. The number of nitrogens with zero attached hydrogens (tertiary/aromatic N) is 2. The zero-order valence-electron chi connectivity index (χ0n) is 17.5. The van der Waals surface area contributed by atoms with Crippen LogP contribution in [0.1, 0.15) is 36.1 Å². The second-order valence-electron chi connectivity index (χ2n) is 7.69. The van der Waals surface area contributed by atoms with Crippen molar-refractivity contribution in [3.8, 4) is 0 Å². The van der Waals surface area contributed by atoms with Crippen LogP contribution in [0, 0.1) is 0 Å². The van der Waals surface area contributed by atoms with E-state index in [-0.39, 0.29) is 11.8 Å². The van der Waals surface area contributed by atoms with Gasteiger partial charge >= 0.3 is 0 Å². The number of furan rings is 1. The highest BCUT2D eigenvalue weighted by molar-refractivity contribution is 5.73. The largest absolute Gasteiger partial charge is 0.469 e. The maximum absolute atomic E-state index is 12.3. The van der Waals surface area contributed by atoms with Crippen LogP contribution in [0.15, 0.2) is 77.4 Å². The van der Waals surface area contributed by atoms with E-state index in [2.05, 4.69) is 53.4 Å². The molecular formula is C25H30N2O2. The summed E-state index contributed by atoms with van der Waals surface area (Å²) >= 11 is 0. The highest BCUT2D eigenvalue weighted by atomic mass is 16.3. The van der Waals surface area contributed by atoms with E-state index in [1.807, 2.05) is 37.2 Å². The summed E-state index contributed by atoms with van der Waals surface area (Å²) in [5.41, 5.74) is 3.58. The Balaban J connectivity index is 1.67. The molecule has 0 aliphatic rings. The molecule has 0 N–H and O–H groups in total. The quantitative estimate of drug-likeness (QED) is 0.509. The number of carbonyl (C=O) groups is 1. The fourth-order valence-electron chi connectivity index (χ4n) is 3.55. The van der Waals surface area contributed by atoms with Crippen molar-refractivity contribution >= 4 is 11.6 Å². The molecule has 4 nitrogen and oxygen atoms in total. The van der Waals surface area contributed by atoms with Gasteiger partial charge in [0.25, 0.3) is 0 Å². The SMILES string of the molecule is CC(=O)N(CC[C@H](Cc1ccccc1)c1ccco1)Cc1ccc(N(C)C)cc1.